The summed E-state index contributed by atoms with van der Waals surface area (Å²) in [5.74, 6) is 0.817. The van der Waals surface area contributed by atoms with Crippen molar-refractivity contribution >= 4 is 17.6 Å². The van der Waals surface area contributed by atoms with Gasteiger partial charge in [0.25, 0.3) is 0 Å². The van der Waals surface area contributed by atoms with Gasteiger partial charge < -0.3 is 11.1 Å². The lowest BCUT2D eigenvalue weighted by atomic mass is 10.3. The van der Waals surface area contributed by atoms with Crippen LogP contribution in [-0.2, 0) is 6.54 Å². The molecule has 66 valence electrons. The Balaban J connectivity index is 3.02. The topological polar surface area (TPSA) is 63.8 Å². The van der Waals surface area contributed by atoms with Gasteiger partial charge in [-0.3, -0.25) is 0 Å². The van der Waals surface area contributed by atoms with Crippen LogP contribution in [0, 0.1) is 0 Å². The van der Waals surface area contributed by atoms with Crippen molar-refractivity contribution in [2.24, 2.45) is 5.73 Å². The number of rotatable bonds is 3. The van der Waals surface area contributed by atoms with Crippen LogP contribution in [0.4, 0.5) is 5.82 Å². The molecule has 0 aliphatic heterocycles. The van der Waals surface area contributed by atoms with Crippen LogP contribution < -0.4 is 11.1 Å². The van der Waals surface area contributed by atoms with Crippen LogP contribution in [0.25, 0.3) is 0 Å². The predicted octanol–water partition coefficient (Wildman–Crippen LogP) is 0.699. The Bertz CT molecular complexity index is 264. The maximum atomic E-state index is 5.49. The minimum atomic E-state index is 0.463. The summed E-state index contributed by atoms with van der Waals surface area (Å²) < 4.78 is 0. The van der Waals surface area contributed by atoms with Crippen LogP contribution in [0.3, 0.4) is 0 Å². The fourth-order valence-corrected chi connectivity index (χ4v) is 1.20. The number of hydrogen-bond acceptors (Lipinski definition) is 5. The van der Waals surface area contributed by atoms with Crippen LogP contribution in [-0.4, -0.2) is 23.3 Å². The summed E-state index contributed by atoms with van der Waals surface area (Å²) in [6, 6.07) is 0. The highest BCUT2D eigenvalue weighted by molar-refractivity contribution is 7.98. The lowest BCUT2D eigenvalue weighted by Gasteiger charge is -2.05. The molecule has 1 heterocycles. The lowest BCUT2D eigenvalue weighted by Crippen LogP contribution is -2.05. The Morgan fingerprint density at radius 1 is 1.67 bits per heavy atom. The molecular formula is C7H12N4S. The summed E-state index contributed by atoms with van der Waals surface area (Å²) in [7, 11) is 1.82. The molecular weight excluding hydrogens is 172 g/mol. The van der Waals surface area contributed by atoms with Crippen LogP contribution in [0.2, 0.25) is 0 Å². The standard InChI is InChI=1S/C7H12N4S/c1-9-6-5(3-8)4-10-7(11-6)12-2/h4H,3,8H2,1-2H3,(H,9,10,11). The second kappa shape index (κ2) is 4.27. The van der Waals surface area contributed by atoms with Gasteiger partial charge in [0.2, 0.25) is 0 Å². The molecule has 12 heavy (non-hydrogen) atoms. The van der Waals surface area contributed by atoms with Gasteiger partial charge in [0.05, 0.1) is 0 Å². The van der Waals surface area contributed by atoms with E-state index in [1.165, 1.54) is 11.8 Å². The molecule has 0 aliphatic rings. The molecule has 0 amide bonds. The number of nitrogens with two attached hydrogens (primary N) is 1. The summed E-state index contributed by atoms with van der Waals surface area (Å²) in [5.41, 5.74) is 6.43. The molecule has 4 nitrogen and oxygen atoms in total. The molecule has 0 spiro atoms. The van der Waals surface area contributed by atoms with Crippen LogP contribution in [0.15, 0.2) is 11.4 Å². The molecule has 0 bridgehead atoms. The van der Waals surface area contributed by atoms with Gasteiger partial charge in [-0.1, -0.05) is 11.8 Å². The molecule has 0 saturated carbocycles. The van der Waals surface area contributed by atoms with E-state index in [0.717, 1.165) is 16.5 Å². The molecule has 0 radical (unpaired) electrons. The molecule has 0 fully saturated rings. The summed E-state index contributed by atoms with van der Waals surface area (Å²) in [5, 5.41) is 3.74. The minimum absolute atomic E-state index is 0.463. The third-order valence-corrected chi connectivity index (χ3v) is 2.04. The third kappa shape index (κ3) is 1.86. The highest BCUT2D eigenvalue weighted by Crippen LogP contribution is 2.14. The maximum absolute atomic E-state index is 5.49. The van der Waals surface area contributed by atoms with Gasteiger partial charge in [-0.2, -0.15) is 0 Å². The fourth-order valence-electron chi connectivity index (χ4n) is 0.855. The van der Waals surface area contributed by atoms with Crippen molar-refractivity contribution in [2.45, 2.75) is 11.7 Å². The van der Waals surface area contributed by atoms with E-state index >= 15 is 0 Å². The van der Waals surface area contributed by atoms with Gasteiger partial charge in [-0.15, -0.1) is 0 Å². The first-order valence-corrected chi connectivity index (χ1v) is 4.82. The maximum Gasteiger partial charge on any atom is 0.189 e. The van der Waals surface area contributed by atoms with Crippen LogP contribution in [0.5, 0.6) is 0 Å². The van der Waals surface area contributed by atoms with E-state index < -0.39 is 0 Å². The molecule has 3 N–H and O–H groups in total. The van der Waals surface area contributed by atoms with Crippen molar-refractivity contribution in [3.63, 3.8) is 0 Å². The number of aromatic nitrogens is 2. The quantitative estimate of drug-likeness (QED) is 0.535. The van der Waals surface area contributed by atoms with Gasteiger partial charge >= 0.3 is 0 Å². The van der Waals surface area contributed by atoms with Crippen molar-refractivity contribution < 1.29 is 0 Å². The van der Waals surface area contributed by atoms with E-state index in [2.05, 4.69) is 15.3 Å². The van der Waals surface area contributed by atoms with Gasteiger partial charge in [0.1, 0.15) is 5.82 Å². The molecule has 0 aliphatic carbocycles. The fraction of sp³-hybridized carbons (Fsp3) is 0.429. The smallest absolute Gasteiger partial charge is 0.189 e. The average Bonchev–Trinajstić information content (AvgIpc) is 2.16. The number of thioether (sulfide) groups is 1. The predicted molar refractivity (Wildman–Crippen MR) is 51.3 cm³/mol. The normalized spacial score (nSPS) is 9.92. The summed E-state index contributed by atoms with van der Waals surface area (Å²) >= 11 is 1.51. The van der Waals surface area contributed by atoms with E-state index in [1.807, 2.05) is 13.3 Å². The Morgan fingerprint density at radius 3 is 2.92 bits per heavy atom. The first-order valence-electron chi connectivity index (χ1n) is 3.59. The van der Waals surface area contributed by atoms with Crippen LogP contribution in [0.1, 0.15) is 5.56 Å². The molecule has 0 unspecified atom stereocenters. The van der Waals surface area contributed by atoms with Crippen molar-refractivity contribution in [1.29, 1.82) is 0 Å². The highest BCUT2D eigenvalue weighted by atomic mass is 32.2. The van der Waals surface area contributed by atoms with E-state index in [9.17, 15) is 0 Å². The van der Waals surface area contributed by atoms with E-state index in [1.54, 1.807) is 6.20 Å². The number of nitrogens with zero attached hydrogens (tertiary/aromatic N) is 2. The highest BCUT2D eigenvalue weighted by Gasteiger charge is 2.02. The molecule has 0 atom stereocenters. The Kier molecular flexibility index (Phi) is 3.31. The van der Waals surface area contributed by atoms with Gasteiger partial charge in [-0.05, 0) is 6.26 Å². The molecule has 0 saturated heterocycles. The minimum Gasteiger partial charge on any atom is -0.373 e. The summed E-state index contributed by atoms with van der Waals surface area (Å²) in [6.07, 6.45) is 3.70. The van der Waals surface area contributed by atoms with E-state index in [-0.39, 0.29) is 0 Å². The van der Waals surface area contributed by atoms with Crippen molar-refractivity contribution in [2.75, 3.05) is 18.6 Å². The van der Waals surface area contributed by atoms with E-state index in [4.69, 9.17) is 5.73 Å². The van der Waals surface area contributed by atoms with Crippen molar-refractivity contribution in [3.05, 3.63) is 11.8 Å². The molecule has 1 aromatic heterocycles. The van der Waals surface area contributed by atoms with Crippen molar-refractivity contribution in [1.82, 2.24) is 9.97 Å². The largest absolute Gasteiger partial charge is 0.373 e. The first-order chi connectivity index (χ1) is 5.81. The van der Waals surface area contributed by atoms with Crippen molar-refractivity contribution in [3.8, 4) is 0 Å². The first kappa shape index (κ1) is 9.28. The lowest BCUT2D eigenvalue weighted by molar-refractivity contribution is 0.920. The SMILES string of the molecule is CNc1nc(SC)ncc1CN. The summed E-state index contributed by atoms with van der Waals surface area (Å²) in [6.45, 7) is 0.463. The number of anilines is 1. The number of nitrogens with one attached hydrogen (secondary N) is 1. The Labute approximate surface area is 76.0 Å². The second-order valence-electron chi connectivity index (χ2n) is 2.18. The zero-order valence-electron chi connectivity index (χ0n) is 7.16. The molecule has 1 rings (SSSR count). The monoisotopic (exact) mass is 184 g/mol. The molecule has 1 aromatic rings. The van der Waals surface area contributed by atoms with E-state index in [0.29, 0.717) is 6.54 Å². The Morgan fingerprint density at radius 2 is 2.42 bits per heavy atom. The summed E-state index contributed by atoms with van der Waals surface area (Å²) in [4.78, 5) is 8.35. The second-order valence-corrected chi connectivity index (χ2v) is 2.96. The number of hydrogen-bond donors (Lipinski definition) is 2. The third-order valence-electron chi connectivity index (χ3n) is 1.48. The van der Waals surface area contributed by atoms with Crippen LogP contribution >= 0.6 is 11.8 Å². The van der Waals surface area contributed by atoms with Gasteiger partial charge in [0, 0.05) is 25.4 Å². The Hall–Kier alpha value is -0.810. The molecule has 5 heteroatoms. The van der Waals surface area contributed by atoms with Gasteiger partial charge in [-0.25, -0.2) is 9.97 Å². The molecule has 0 aromatic carbocycles. The zero-order valence-corrected chi connectivity index (χ0v) is 7.98. The van der Waals surface area contributed by atoms with Gasteiger partial charge in [0.15, 0.2) is 5.16 Å². The zero-order chi connectivity index (χ0) is 8.97. The average molecular weight is 184 g/mol.